The van der Waals surface area contributed by atoms with Crippen molar-refractivity contribution in [1.29, 1.82) is 0 Å². The van der Waals surface area contributed by atoms with Crippen LogP contribution in [-0.2, 0) is 4.79 Å². The molecule has 0 atom stereocenters. The second-order valence-electron chi connectivity index (χ2n) is 3.43. The molecule has 0 aliphatic carbocycles. The number of anilines is 1. The summed E-state index contributed by atoms with van der Waals surface area (Å²) in [4.78, 5) is 14.4. The highest BCUT2D eigenvalue weighted by Gasteiger charge is 2.03. The third-order valence-electron chi connectivity index (χ3n) is 2.32. The predicted molar refractivity (Wildman–Crippen MR) is 80.8 cm³/mol. The summed E-state index contributed by atoms with van der Waals surface area (Å²) < 4.78 is 5.08. The molecule has 0 heterocycles. The van der Waals surface area contributed by atoms with Gasteiger partial charge in [0, 0.05) is 12.7 Å². The lowest BCUT2D eigenvalue weighted by Gasteiger charge is -2.10. The van der Waals surface area contributed by atoms with E-state index in [2.05, 4.69) is 22.3 Å². The third-order valence-corrected chi connectivity index (χ3v) is 3.32. The Kier molecular flexibility index (Phi) is 6.52. The van der Waals surface area contributed by atoms with Gasteiger partial charge in [-0.2, -0.15) is 0 Å². The predicted octanol–water partition coefficient (Wildman–Crippen LogP) is 2.09. The highest BCUT2D eigenvalue weighted by molar-refractivity contribution is 8.03. The van der Waals surface area contributed by atoms with Gasteiger partial charge in [0.15, 0.2) is 6.29 Å². The molecule has 0 aromatic heterocycles. The van der Waals surface area contributed by atoms with Crippen molar-refractivity contribution in [2.75, 3.05) is 25.4 Å². The van der Waals surface area contributed by atoms with Gasteiger partial charge in [-0.1, -0.05) is 11.8 Å². The maximum atomic E-state index is 10.8. The zero-order valence-corrected chi connectivity index (χ0v) is 11.8. The Balaban J connectivity index is 2.54. The van der Waals surface area contributed by atoms with E-state index in [0.29, 0.717) is 22.9 Å². The van der Waals surface area contributed by atoms with E-state index in [9.17, 15) is 4.79 Å². The Morgan fingerprint density at radius 2 is 2.16 bits per heavy atom. The van der Waals surface area contributed by atoms with E-state index in [1.165, 1.54) is 11.8 Å². The average Bonchev–Trinajstić information content (AvgIpc) is 2.47. The van der Waals surface area contributed by atoms with Crippen LogP contribution in [0.2, 0.25) is 0 Å². The van der Waals surface area contributed by atoms with Crippen LogP contribution in [0.4, 0.5) is 5.69 Å². The zero-order valence-electron chi connectivity index (χ0n) is 11.0. The van der Waals surface area contributed by atoms with Gasteiger partial charge in [0.2, 0.25) is 0 Å². The molecule has 102 valence electrons. The van der Waals surface area contributed by atoms with E-state index < -0.39 is 0 Å². The van der Waals surface area contributed by atoms with E-state index in [-0.39, 0.29) is 0 Å². The lowest BCUT2D eigenvalue weighted by atomic mass is 10.3. The van der Waals surface area contributed by atoms with Crippen molar-refractivity contribution >= 4 is 30.5 Å². The third kappa shape index (κ3) is 4.67. The van der Waals surface area contributed by atoms with Crippen molar-refractivity contribution in [3.05, 3.63) is 35.0 Å². The first kappa shape index (κ1) is 15.1. The Morgan fingerprint density at radius 1 is 1.47 bits per heavy atom. The smallest absolute Gasteiger partial charge is 0.171 e. The van der Waals surface area contributed by atoms with Crippen molar-refractivity contribution in [2.24, 2.45) is 4.99 Å². The Labute approximate surface area is 117 Å². The molecule has 2 N–H and O–H groups in total. The molecule has 0 aliphatic heterocycles. The van der Waals surface area contributed by atoms with Crippen LogP contribution in [0.25, 0.3) is 0 Å². The van der Waals surface area contributed by atoms with Crippen molar-refractivity contribution in [3.63, 3.8) is 0 Å². The van der Waals surface area contributed by atoms with Crippen molar-refractivity contribution in [2.45, 2.75) is 0 Å². The van der Waals surface area contributed by atoms with Gasteiger partial charge >= 0.3 is 0 Å². The van der Waals surface area contributed by atoms with E-state index in [4.69, 9.17) is 4.74 Å². The molecule has 0 amide bonds. The number of thioether (sulfide) groups is 1. The van der Waals surface area contributed by atoms with Crippen LogP contribution in [-0.4, -0.2) is 33.0 Å². The van der Waals surface area contributed by atoms with Gasteiger partial charge in [0.05, 0.1) is 18.0 Å². The fourth-order valence-corrected chi connectivity index (χ4v) is 2.13. The van der Waals surface area contributed by atoms with Crippen LogP contribution in [0.5, 0.6) is 5.75 Å². The molecule has 0 unspecified atom stereocenters. The number of hydrogen-bond donors (Lipinski definition) is 2. The molecule has 1 rings (SSSR count). The molecule has 0 fully saturated rings. The van der Waals surface area contributed by atoms with Crippen LogP contribution in [0, 0.1) is 0 Å². The van der Waals surface area contributed by atoms with Crippen LogP contribution in [0.15, 0.2) is 40.0 Å². The van der Waals surface area contributed by atoms with Gasteiger partial charge in [-0.05, 0) is 31.0 Å². The van der Waals surface area contributed by atoms with Crippen molar-refractivity contribution in [3.8, 4) is 5.75 Å². The average molecular weight is 279 g/mol. The minimum atomic E-state index is 0.309. The maximum Gasteiger partial charge on any atom is 0.171 e. The summed E-state index contributed by atoms with van der Waals surface area (Å²) in [5, 5.41) is 6.83. The minimum Gasteiger partial charge on any atom is -0.497 e. The summed E-state index contributed by atoms with van der Waals surface area (Å²) in [6.07, 6.45) is 0.680. The maximum absolute atomic E-state index is 10.8. The molecule has 1 aromatic rings. The zero-order chi connectivity index (χ0) is 14.1. The van der Waals surface area contributed by atoms with Crippen LogP contribution < -0.4 is 15.4 Å². The van der Waals surface area contributed by atoms with Crippen LogP contribution in [0.3, 0.4) is 0 Å². The van der Waals surface area contributed by atoms with E-state index >= 15 is 0 Å². The minimum absolute atomic E-state index is 0.309. The summed E-state index contributed by atoms with van der Waals surface area (Å²) in [5.74, 6) is 1.42. The number of hydrogen-bond acceptors (Lipinski definition) is 6. The second-order valence-corrected chi connectivity index (χ2v) is 4.42. The highest BCUT2D eigenvalue weighted by Crippen LogP contribution is 2.19. The number of nitrogens with zero attached hydrogens (tertiary/aromatic N) is 1. The molecule has 0 radical (unpaired) electrons. The quantitative estimate of drug-likeness (QED) is 0.330. The largest absolute Gasteiger partial charge is 0.497 e. The van der Waals surface area contributed by atoms with E-state index in [1.54, 1.807) is 14.2 Å². The Hall–Kier alpha value is -1.95. The molecule has 0 saturated carbocycles. The van der Waals surface area contributed by atoms with Gasteiger partial charge in [-0.25, -0.2) is 0 Å². The monoisotopic (exact) mass is 279 g/mol. The fourth-order valence-electron chi connectivity index (χ4n) is 1.34. The number of rotatable bonds is 8. The van der Waals surface area contributed by atoms with Crippen LogP contribution in [0.1, 0.15) is 0 Å². The normalized spacial score (nSPS) is 11.3. The Bertz CT molecular complexity index is 447. The molecule has 6 heteroatoms. The Morgan fingerprint density at radius 3 is 2.63 bits per heavy atom. The molecule has 5 nitrogen and oxygen atoms in total. The molecule has 1 aromatic carbocycles. The van der Waals surface area contributed by atoms with Gasteiger partial charge in [0.25, 0.3) is 0 Å². The number of nitrogens with one attached hydrogen (secondary N) is 2. The standard InChI is InChI=1S/C13H17N3O2S/c1-14-12(8-17)13(15-2)19-9-16-10-4-6-11(18-3)7-5-10/h4-8,15-16H,1,9H2,2-3H3/b13-12-. The summed E-state index contributed by atoms with van der Waals surface area (Å²) in [6.45, 7) is 3.36. The SMILES string of the molecule is C=N/C(C=O)=C(/NC)SCNc1ccc(OC)cc1. The molecular weight excluding hydrogens is 262 g/mol. The first-order valence-electron chi connectivity index (χ1n) is 5.59. The molecule has 0 bridgehead atoms. The number of allylic oxidation sites excluding steroid dienone is 1. The van der Waals surface area contributed by atoms with Gasteiger partial charge < -0.3 is 15.4 Å². The molecule has 0 saturated heterocycles. The number of carbonyl (C=O) groups is 1. The summed E-state index contributed by atoms with van der Waals surface area (Å²) in [5.41, 5.74) is 1.28. The van der Waals surface area contributed by atoms with E-state index in [1.807, 2.05) is 24.3 Å². The van der Waals surface area contributed by atoms with Gasteiger partial charge in [0.1, 0.15) is 11.4 Å². The molecule has 19 heavy (non-hydrogen) atoms. The number of aliphatic imine (C=N–C) groups is 1. The molecule has 0 aliphatic rings. The summed E-state index contributed by atoms with van der Waals surface area (Å²) in [6, 6.07) is 7.61. The lowest BCUT2D eigenvalue weighted by Crippen LogP contribution is -2.09. The van der Waals surface area contributed by atoms with Crippen molar-refractivity contribution < 1.29 is 9.53 Å². The number of methoxy groups -OCH3 is 1. The fraction of sp³-hybridized carbons (Fsp3) is 0.231. The molecular formula is C13H17N3O2S. The molecule has 0 spiro atoms. The first-order valence-corrected chi connectivity index (χ1v) is 6.58. The van der Waals surface area contributed by atoms with Crippen molar-refractivity contribution in [1.82, 2.24) is 5.32 Å². The van der Waals surface area contributed by atoms with E-state index in [0.717, 1.165) is 11.4 Å². The summed E-state index contributed by atoms with van der Waals surface area (Å²) in [7, 11) is 3.37. The number of aldehydes is 1. The lowest BCUT2D eigenvalue weighted by molar-refractivity contribution is -0.104. The highest BCUT2D eigenvalue weighted by atomic mass is 32.2. The first-order chi connectivity index (χ1) is 9.24. The second kappa shape index (κ2) is 8.20. The van der Waals surface area contributed by atoms with Crippen LogP contribution >= 0.6 is 11.8 Å². The number of ether oxygens (including phenoxy) is 1. The van der Waals surface area contributed by atoms with Gasteiger partial charge in [-0.15, -0.1) is 0 Å². The number of carbonyl (C=O) groups excluding carboxylic acids is 1. The summed E-state index contributed by atoms with van der Waals surface area (Å²) >= 11 is 1.44. The number of benzene rings is 1. The topological polar surface area (TPSA) is 62.7 Å². The van der Waals surface area contributed by atoms with Gasteiger partial charge in [-0.3, -0.25) is 9.79 Å².